The van der Waals surface area contributed by atoms with E-state index in [0.29, 0.717) is 24.2 Å². The van der Waals surface area contributed by atoms with Gasteiger partial charge in [-0.25, -0.2) is 17.2 Å². The lowest BCUT2D eigenvalue weighted by atomic mass is 10.1. The number of sulfonamides is 1. The van der Waals surface area contributed by atoms with Crippen molar-refractivity contribution in [2.45, 2.75) is 37.6 Å². The second kappa shape index (κ2) is 7.97. The van der Waals surface area contributed by atoms with Crippen molar-refractivity contribution in [3.63, 3.8) is 0 Å². The van der Waals surface area contributed by atoms with Crippen molar-refractivity contribution in [2.24, 2.45) is 0 Å². The van der Waals surface area contributed by atoms with Gasteiger partial charge in [-0.05, 0) is 62.1 Å². The average molecular weight is 408 g/mol. The Balaban J connectivity index is 1.84. The molecule has 1 aliphatic rings. The Hall–Kier alpha value is -2.32. The third kappa shape index (κ3) is 4.07. The maximum absolute atomic E-state index is 13.4. The minimum atomic E-state index is -3.64. The Labute approximate surface area is 163 Å². The summed E-state index contributed by atoms with van der Waals surface area (Å²) in [6, 6.07) is 7.31. The van der Waals surface area contributed by atoms with Crippen molar-refractivity contribution >= 4 is 15.9 Å². The lowest BCUT2D eigenvalue weighted by molar-refractivity contribution is 0.0939. The highest BCUT2D eigenvalue weighted by Crippen LogP contribution is 2.24. The van der Waals surface area contributed by atoms with Gasteiger partial charge in [0.2, 0.25) is 10.0 Å². The van der Waals surface area contributed by atoms with E-state index in [1.54, 1.807) is 19.9 Å². The number of benzene rings is 2. The Bertz CT molecular complexity index is 1000. The number of nitrogens with zero attached hydrogens (tertiary/aromatic N) is 1. The highest BCUT2D eigenvalue weighted by molar-refractivity contribution is 7.89. The molecular formula is C20H22F2N2O3S. The maximum Gasteiger partial charge on any atom is 0.252 e. The molecule has 2 aromatic rings. The molecule has 0 radical (unpaired) electrons. The number of nitrogens with one attached hydrogen (secondary N) is 1. The quantitative estimate of drug-likeness (QED) is 0.823. The number of halogens is 2. The first-order valence-electron chi connectivity index (χ1n) is 9.07. The molecule has 5 nitrogen and oxygen atoms in total. The van der Waals surface area contributed by atoms with Gasteiger partial charge in [-0.2, -0.15) is 4.31 Å². The van der Waals surface area contributed by atoms with Crippen LogP contribution in [0.25, 0.3) is 0 Å². The van der Waals surface area contributed by atoms with Crippen LogP contribution in [0.4, 0.5) is 8.78 Å². The number of hydrogen-bond donors (Lipinski definition) is 1. The van der Waals surface area contributed by atoms with E-state index >= 15 is 0 Å². The lowest BCUT2D eigenvalue weighted by Gasteiger charge is -2.18. The van der Waals surface area contributed by atoms with E-state index in [9.17, 15) is 22.0 Å². The predicted octanol–water partition coefficient (Wildman–Crippen LogP) is 3.55. The molecule has 1 aliphatic heterocycles. The fourth-order valence-corrected chi connectivity index (χ4v) is 4.77. The van der Waals surface area contributed by atoms with Crippen molar-refractivity contribution in [1.82, 2.24) is 9.62 Å². The first-order valence-corrected chi connectivity index (χ1v) is 10.5. The Morgan fingerprint density at radius 3 is 2.39 bits per heavy atom. The molecule has 28 heavy (non-hydrogen) atoms. The highest BCUT2D eigenvalue weighted by atomic mass is 32.2. The van der Waals surface area contributed by atoms with E-state index in [0.717, 1.165) is 25.0 Å². The largest absolute Gasteiger partial charge is 0.346 e. The summed E-state index contributed by atoms with van der Waals surface area (Å²) in [6.07, 6.45) is 1.65. The van der Waals surface area contributed by atoms with Gasteiger partial charge in [0.15, 0.2) is 11.6 Å². The third-order valence-corrected chi connectivity index (χ3v) is 6.84. The molecule has 2 aromatic carbocycles. The molecule has 1 amide bonds. The fourth-order valence-electron chi connectivity index (χ4n) is 3.22. The van der Waals surface area contributed by atoms with Crippen LogP contribution in [0.3, 0.4) is 0 Å². The molecular weight excluding hydrogens is 386 g/mol. The van der Waals surface area contributed by atoms with Gasteiger partial charge < -0.3 is 5.32 Å². The van der Waals surface area contributed by atoms with E-state index in [1.807, 2.05) is 0 Å². The van der Waals surface area contributed by atoms with Gasteiger partial charge in [-0.1, -0.05) is 12.1 Å². The minimum absolute atomic E-state index is 0.0747. The van der Waals surface area contributed by atoms with Gasteiger partial charge in [-0.3, -0.25) is 4.79 Å². The van der Waals surface area contributed by atoms with Crippen LogP contribution in [-0.4, -0.2) is 31.7 Å². The van der Waals surface area contributed by atoms with Crippen LogP contribution in [0.1, 0.15) is 47.3 Å². The second-order valence-corrected chi connectivity index (χ2v) is 8.89. The second-order valence-electron chi connectivity index (χ2n) is 6.96. The number of carbonyl (C=O) groups excluding carboxylic acids is 1. The van der Waals surface area contributed by atoms with Gasteiger partial charge in [0.25, 0.3) is 5.91 Å². The molecule has 1 N–H and O–H groups in total. The Kier molecular flexibility index (Phi) is 5.81. The van der Waals surface area contributed by atoms with Crippen molar-refractivity contribution in [3.8, 4) is 0 Å². The minimum Gasteiger partial charge on any atom is -0.346 e. The van der Waals surface area contributed by atoms with Crippen molar-refractivity contribution in [1.29, 1.82) is 0 Å². The summed E-state index contributed by atoms with van der Waals surface area (Å²) >= 11 is 0. The van der Waals surface area contributed by atoms with Crippen LogP contribution in [-0.2, 0) is 10.0 Å². The molecule has 1 atom stereocenters. The third-order valence-electron chi connectivity index (χ3n) is 4.95. The van der Waals surface area contributed by atoms with E-state index in [4.69, 9.17) is 0 Å². The number of amides is 1. The molecule has 0 saturated carbocycles. The summed E-state index contributed by atoms with van der Waals surface area (Å²) in [7, 11) is -3.64. The molecule has 0 spiro atoms. The number of aryl methyl sites for hydroxylation is 1. The summed E-state index contributed by atoms with van der Waals surface area (Å²) in [5, 5.41) is 2.71. The summed E-state index contributed by atoms with van der Waals surface area (Å²) in [6.45, 7) is 4.31. The van der Waals surface area contributed by atoms with Gasteiger partial charge in [-0.15, -0.1) is 0 Å². The molecule has 1 heterocycles. The van der Waals surface area contributed by atoms with Crippen molar-refractivity contribution in [3.05, 3.63) is 64.7 Å². The van der Waals surface area contributed by atoms with E-state index in [-0.39, 0.29) is 10.5 Å². The molecule has 150 valence electrons. The van der Waals surface area contributed by atoms with Crippen LogP contribution in [0, 0.1) is 18.6 Å². The van der Waals surface area contributed by atoms with Crippen LogP contribution in [0.15, 0.2) is 41.3 Å². The van der Waals surface area contributed by atoms with Gasteiger partial charge in [0.1, 0.15) is 0 Å². The van der Waals surface area contributed by atoms with Crippen LogP contribution in [0.5, 0.6) is 0 Å². The Morgan fingerprint density at radius 1 is 1.07 bits per heavy atom. The summed E-state index contributed by atoms with van der Waals surface area (Å²) < 4.78 is 53.5. The van der Waals surface area contributed by atoms with Gasteiger partial charge in [0.05, 0.1) is 10.9 Å². The van der Waals surface area contributed by atoms with Crippen LogP contribution >= 0.6 is 0 Å². The van der Waals surface area contributed by atoms with E-state index < -0.39 is 33.6 Å². The average Bonchev–Trinajstić information content (AvgIpc) is 3.19. The normalized spacial score (nSPS) is 16.1. The molecule has 8 heteroatoms. The van der Waals surface area contributed by atoms with Crippen molar-refractivity contribution in [2.75, 3.05) is 13.1 Å². The predicted molar refractivity (Wildman–Crippen MR) is 101 cm³/mol. The zero-order chi connectivity index (χ0) is 20.5. The molecule has 0 unspecified atom stereocenters. The molecule has 3 rings (SSSR count). The van der Waals surface area contributed by atoms with Crippen LogP contribution < -0.4 is 5.32 Å². The molecule has 1 fully saturated rings. The maximum atomic E-state index is 13.4. The monoisotopic (exact) mass is 408 g/mol. The summed E-state index contributed by atoms with van der Waals surface area (Å²) in [5.41, 5.74) is 1.26. The molecule has 1 saturated heterocycles. The topological polar surface area (TPSA) is 66.5 Å². The number of rotatable bonds is 5. The van der Waals surface area contributed by atoms with Crippen molar-refractivity contribution < 1.29 is 22.0 Å². The smallest absolute Gasteiger partial charge is 0.252 e. The zero-order valence-corrected chi connectivity index (χ0v) is 16.5. The molecule has 0 bridgehead atoms. The first-order chi connectivity index (χ1) is 13.2. The highest BCUT2D eigenvalue weighted by Gasteiger charge is 2.28. The molecule has 0 aliphatic carbocycles. The molecule has 0 aromatic heterocycles. The SMILES string of the molecule is Cc1ccc(S(=O)(=O)N2CCCC2)cc1C(=O)N[C@H](C)c1ccc(F)c(F)c1. The van der Waals surface area contributed by atoms with E-state index in [1.165, 1.54) is 22.5 Å². The standard InChI is InChI=1S/C20H22F2N2O3S/c1-13-5-7-16(28(26,27)24-9-3-4-10-24)12-17(13)20(25)23-14(2)15-6-8-18(21)19(22)11-15/h5-8,11-12,14H,3-4,9-10H2,1-2H3,(H,23,25)/t14-/m1/s1. The summed E-state index contributed by atoms with van der Waals surface area (Å²) in [4.78, 5) is 12.8. The van der Waals surface area contributed by atoms with Gasteiger partial charge in [0, 0.05) is 18.7 Å². The number of carbonyl (C=O) groups is 1. The summed E-state index contributed by atoms with van der Waals surface area (Å²) in [5.74, 6) is -2.43. The van der Waals surface area contributed by atoms with E-state index in [2.05, 4.69) is 5.32 Å². The fraction of sp³-hybridized carbons (Fsp3) is 0.350. The first kappa shape index (κ1) is 20.4. The van der Waals surface area contributed by atoms with Gasteiger partial charge >= 0.3 is 0 Å². The lowest BCUT2D eigenvalue weighted by Crippen LogP contribution is -2.30. The van der Waals surface area contributed by atoms with Crippen LogP contribution in [0.2, 0.25) is 0 Å². The zero-order valence-electron chi connectivity index (χ0n) is 15.7. The number of hydrogen-bond acceptors (Lipinski definition) is 3. The Morgan fingerprint density at radius 2 is 1.75 bits per heavy atom.